The third-order valence-electron chi connectivity index (χ3n) is 1.53. The molecule has 2 heteroatoms. The van der Waals surface area contributed by atoms with E-state index in [1.165, 1.54) is 19.3 Å². The van der Waals surface area contributed by atoms with Crippen LogP contribution in [0.25, 0.3) is 0 Å². The lowest BCUT2D eigenvalue weighted by atomic mass is 10.3. The van der Waals surface area contributed by atoms with Gasteiger partial charge in [0.05, 0.1) is 0 Å². The van der Waals surface area contributed by atoms with Crippen molar-refractivity contribution in [1.82, 2.24) is 5.32 Å². The SMILES string of the molecule is C=CC.C=CC.C=CC/C=C\C.CC.CC.CCCCC.CCNC=O. The maximum Gasteiger partial charge on any atom is 0.207 e. The molecule has 0 rings (SSSR count). The van der Waals surface area contributed by atoms with Crippen LogP contribution in [0.3, 0.4) is 0 Å². The van der Waals surface area contributed by atoms with E-state index in [1.807, 2.05) is 67.5 Å². The first-order valence-corrected chi connectivity index (χ1v) is 10.1. The molecule has 0 fully saturated rings. The average molecular weight is 372 g/mol. The molecule has 0 spiro atoms. The fourth-order valence-corrected chi connectivity index (χ4v) is 0.669. The third kappa shape index (κ3) is 349. The van der Waals surface area contributed by atoms with Crippen molar-refractivity contribution in [3.8, 4) is 0 Å². The highest BCUT2D eigenvalue weighted by atomic mass is 16.1. The Balaban J connectivity index is -0.0000000338. The summed E-state index contributed by atoms with van der Waals surface area (Å²) in [5, 5.41) is 2.43. The van der Waals surface area contributed by atoms with Crippen LogP contribution in [0.4, 0.5) is 0 Å². The van der Waals surface area contributed by atoms with Gasteiger partial charge in [0.2, 0.25) is 6.41 Å². The number of unbranched alkanes of at least 4 members (excludes halogenated alkanes) is 2. The van der Waals surface area contributed by atoms with Crippen molar-refractivity contribution in [2.45, 2.75) is 94.9 Å². The molecule has 0 radical (unpaired) electrons. The van der Waals surface area contributed by atoms with Crippen molar-refractivity contribution in [3.63, 3.8) is 0 Å². The molecule has 0 aliphatic carbocycles. The number of amides is 1. The predicted molar refractivity (Wildman–Crippen MR) is 129 cm³/mol. The van der Waals surface area contributed by atoms with Gasteiger partial charge >= 0.3 is 0 Å². The topological polar surface area (TPSA) is 29.1 Å². The largest absolute Gasteiger partial charge is 0.359 e. The zero-order valence-electron chi connectivity index (χ0n) is 20.0. The smallest absolute Gasteiger partial charge is 0.207 e. The Bertz CT molecular complexity index is 200. The van der Waals surface area contributed by atoms with E-state index in [0.29, 0.717) is 6.41 Å². The van der Waals surface area contributed by atoms with Crippen LogP contribution in [0, 0.1) is 0 Å². The summed E-state index contributed by atoms with van der Waals surface area (Å²) >= 11 is 0. The molecule has 160 valence electrons. The van der Waals surface area contributed by atoms with E-state index in [4.69, 9.17) is 0 Å². The lowest BCUT2D eigenvalue weighted by molar-refractivity contribution is -0.109. The number of hydrogen-bond acceptors (Lipinski definition) is 1. The molecule has 0 aromatic rings. The van der Waals surface area contributed by atoms with E-state index >= 15 is 0 Å². The van der Waals surface area contributed by atoms with Crippen LogP contribution in [-0.4, -0.2) is 13.0 Å². The van der Waals surface area contributed by atoms with Gasteiger partial charge in [-0.25, -0.2) is 0 Å². The Hall–Kier alpha value is -1.57. The lowest BCUT2D eigenvalue weighted by Crippen LogP contribution is -2.07. The molecule has 0 bridgehead atoms. The second-order valence-electron chi connectivity index (χ2n) is 3.94. The van der Waals surface area contributed by atoms with E-state index in [9.17, 15) is 4.79 Å². The monoisotopic (exact) mass is 371 g/mol. The van der Waals surface area contributed by atoms with Crippen LogP contribution in [-0.2, 0) is 4.79 Å². The van der Waals surface area contributed by atoms with Crippen LogP contribution < -0.4 is 5.32 Å². The van der Waals surface area contributed by atoms with Gasteiger partial charge < -0.3 is 5.32 Å². The van der Waals surface area contributed by atoms with Crippen LogP contribution in [0.2, 0.25) is 0 Å². The Kier molecular flexibility index (Phi) is 184. The van der Waals surface area contributed by atoms with Gasteiger partial charge in [0.1, 0.15) is 0 Å². The van der Waals surface area contributed by atoms with Crippen molar-refractivity contribution in [2.75, 3.05) is 6.54 Å². The first kappa shape index (κ1) is 44.1. The van der Waals surface area contributed by atoms with E-state index in [2.05, 4.69) is 45.0 Å². The summed E-state index contributed by atoms with van der Waals surface area (Å²) in [6, 6.07) is 0. The van der Waals surface area contributed by atoms with Crippen molar-refractivity contribution in [1.29, 1.82) is 0 Å². The Morgan fingerprint density at radius 3 is 1.19 bits per heavy atom. The quantitative estimate of drug-likeness (QED) is 0.368. The van der Waals surface area contributed by atoms with Gasteiger partial charge in [-0.1, -0.05) is 91.2 Å². The molecular formula is C24H53NO. The second kappa shape index (κ2) is 108. The molecule has 0 aliphatic heterocycles. The second-order valence-corrected chi connectivity index (χ2v) is 3.94. The molecule has 0 saturated heterocycles. The van der Waals surface area contributed by atoms with Crippen LogP contribution >= 0.6 is 0 Å². The molecule has 0 heterocycles. The van der Waals surface area contributed by atoms with Crippen LogP contribution in [0.1, 0.15) is 94.9 Å². The standard InChI is InChI=1S/C6H10.C5H12.C3H7NO.2C3H6.2C2H6/c1-3-5-6-4-2;1-3-5-4-2;1-2-4-3-5;2*1-3-2;2*1-2/h3-4,6H,1,5H2,2H3;3-5H2,1-2H3;3H,2H2,1H3,(H,4,5);2*3H,1H2,2H3;2*1-2H3/b6-4-;;;;;;. The van der Waals surface area contributed by atoms with Gasteiger partial charge in [-0.3, -0.25) is 4.79 Å². The molecule has 1 N–H and O–H groups in total. The van der Waals surface area contributed by atoms with E-state index in [0.717, 1.165) is 13.0 Å². The first-order chi connectivity index (χ1) is 12.6. The lowest BCUT2D eigenvalue weighted by Gasteiger charge is -1.79. The number of carbonyl (C=O) groups is 1. The molecule has 26 heavy (non-hydrogen) atoms. The highest BCUT2D eigenvalue weighted by Gasteiger charge is 1.68. The highest BCUT2D eigenvalue weighted by molar-refractivity contribution is 5.45. The average Bonchev–Trinajstić information content (AvgIpc) is 2.67. The van der Waals surface area contributed by atoms with E-state index < -0.39 is 0 Å². The Morgan fingerprint density at radius 2 is 1.15 bits per heavy atom. The Labute approximate surface area is 168 Å². The molecule has 0 saturated carbocycles. The van der Waals surface area contributed by atoms with Crippen molar-refractivity contribution in [2.24, 2.45) is 0 Å². The van der Waals surface area contributed by atoms with Gasteiger partial charge in [0, 0.05) is 6.54 Å². The molecule has 0 aromatic carbocycles. The number of allylic oxidation sites excluding steroid dienone is 5. The maximum absolute atomic E-state index is 9.29. The molecule has 1 amide bonds. The van der Waals surface area contributed by atoms with Gasteiger partial charge in [-0.2, -0.15) is 0 Å². The molecule has 0 aliphatic rings. The molecule has 0 aromatic heterocycles. The van der Waals surface area contributed by atoms with Crippen LogP contribution in [0.5, 0.6) is 0 Å². The van der Waals surface area contributed by atoms with Gasteiger partial charge in [-0.05, 0) is 34.1 Å². The number of nitrogens with one attached hydrogen (secondary N) is 1. The summed E-state index contributed by atoms with van der Waals surface area (Å²) in [7, 11) is 0. The normalized spacial score (nSPS) is 6.54. The third-order valence-corrected chi connectivity index (χ3v) is 1.53. The summed E-state index contributed by atoms with van der Waals surface area (Å²) in [4.78, 5) is 9.29. The summed E-state index contributed by atoms with van der Waals surface area (Å²) in [5.41, 5.74) is 0. The molecule has 2 nitrogen and oxygen atoms in total. The fourth-order valence-electron chi connectivity index (χ4n) is 0.669. The minimum atomic E-state index is 0.681. The Morgan fingerprint density at radius 1 is 0.808 bits per heavy atom. The number of hydrogen-bond donors (Lipinski definition) is 1. The minimum Gasteiger partial charge on any atom is -0.359 e. The predicted octanol–water partition coefficient (Wildman–Crippen LogP) is 8.52. The first-order valence-electron chi connectivity index (χ1n) is 10.1. The van der Waals surface area contributed by atoms with Gasteiger partial charge in [-0.15, -0.1) is 19.7 Å². The fraction of sp³-hybridized carbons (Fsp3) is 0.625. The van der Waals surface area contributed by atoms with E-state index in [1.54, 1.807) is 12.2 Å². The van der Waals surface area contributed by atoms with Crippen molar-refractivity contribution < 1.29 is 4.79 Å². The molecular weight excluding hydrogens is 318 g/mol. The summed E-state index contributed by atoms with van der Waals surface area (Å²) < 4.78 is 0. The highest BCUT2D eigenvalue weighted by Crippen LogP contribution is 1.88. The summed E-state index contributed by atoms with van der Waals surface area (Å²) in [6.45, 7) is 31.1. The van der Waals surface area contributed by atoms with E-state index in [-0.39, 0.29) is 0 Å². The number of carbonyl (C=O) groups excluding carboxylic acids is 1. The summed E-state index contributed by atoms with van der Waals surface area (Å²) in [6.07, 6.45) is 15.2. The summed E-state index contributed by atoms with van der Waals surface area (Å²) in [5.74, 6) is 0. The minimum absolute atomic E-state index is 0.681. The zero-order valence-corrected chi connectivity index (χ0v) is 20.0. The maximum atomic E-state index is 9.29. The zero-order chi connectivity index (χ0) is 22.5. The molecule has 0 atom stereocenters. The van der Waals surface area contributed by atoms with Crippen molar-refractivity contribution in [3.05, 3.63) is 50.1 Å². The van der Waals surface area contributed by atoms with Gasteiger partial charge in [0.25, 0.3) is 0 Å². The van der Waals surface area contributed by atoms with Gasteiger partial charge in [0.15, 0.2) is 0 Å². The number of rotatable bonds is 6. The van der Waals surface area contributed by atoms with Crippen molar-refractivity contribution >= 4 is 6.41 Å². The molecule has 0 unspecified atom stereocenters. The van der Waals surface area contributed by atoms with Crippen LogP contribution in [0.15, 0.2) is 50.1 Å².